The molecule has 1 saturated heterocycles. The van der Waals surface area contributed by atoms with Crippen LogP contribution in [0.25, 0.3) is 0 Å². The predicted octanol–water partition coefficient (Wildman–Crippen LogP) is 3.15. The van der Waals surface area contributed by atoms with E-state index in [1.54, 1.807) is 12.1 Å². The van der Waals surface area contributed by atoms with Crippen molar-refractivity contribution in [1.82, 2.24) is 0 Å². The first-order valence-electron chi connectivity index (χ1n) is 6.81. The second kappa shape index (κ2) is 6.15. The normalized spacial score (nSPS) is 28.4. The third kappa shape index (κ3) is 3.11. The average Bonchev–Trinajstić information content (AvgIpc) is 2.65. The zero-order valence-electron chi connectivity index (χ0n) is 12.1. The Balaban J connectivity index is 2.26. The maximum atomic E-state index is 12.5. The number of para-hydroxylation sites is 1. The Hall–Kier alpha value is -1.40. The van der Waals surface area contributed by atoms with Crippen molar-refractivity contribution in [3.8, 4) is 0 Å². The predicted molar refractivity (Wildman–Crippen MR) is 82.4 cm³/mol. The molecule has 0 spiro atoms. The first-order chi connectivity index (χ1) is 9.82. The molecule has 1 aromatic rings. The van der Waals surface area contributed by atoms with Crippen molar-refractivity contribution in [2.75, 3.05) is 5.32 Å². The largest absolute Gasteiger partial charge is 0.478 e. The summed E-state index contributed by atoms with van der Waals surface area (Å²) in [6.45, 7) is 5.77. The van der Waals surface area contributed by atoms with E-state index >= 15 is 0 Å². The maximum Gasteiger partial charge on any atom is 0.337 e. The molecule has 114 valence electrons. The summed E-state index contributed by atoms with van der Waals surface area (Å²) in [4.78, 5) is 23.8. The quantitative estimate of drug-likeness (QED) is 0.873. The number of carbonyl (C=O) groups excluding carboxylic acids is 1. The molecule has 5 nitrogen and oxygen atoms in total. The molecule has 6 heteroatoms. The van der Waals surface area contributed by atoms with E-state index in [9.17, 15) is 14.7 Å². The van der Waals surface area contributed by atoms with Gasteiger partial charge in [-0.1, -0.05) is 13.0 Å². The van der Waals surface area contributed by atoms with Crippen molar-refractivity contribution in [2.45, 2.75) is 33.0 Å². The molecule has 1 aliphatic rings. The zero-order valence-corrected chi connectivity index (χ0v) is 13.7. The second-order valence-electron chi connectivity index (χ2n) is 5.39. The van der Waals surface area contributed by atoms with Crippen LogP contribution < -0.4 is 5.32 Å². The topological polar surface area (TPSA) is 75.6 Å². The molecular formula is C15H18BrNO4. The summed E-state index contributed by atoms with van der Waals surface area (Å²) in [6.07, 6.45) is -0.181. The van der Waals surface area contributed by atoms with Crippen LogP contribution in [0.5, 0.6) is 0 Å². The number of amides is 1. The van der Waals surface area contributed by atoms with Crippen LogP contribution in [0.4, 0.5) is 5.69 Å². The molecule has 0 bridgehead atoms. The van der Waals surface area contributed by atoms with Gasteiger partial charge in [0.25, 0.3) is 0 Å². The van der Waals surface area contributed by atoms with Crippen molar-refractivity contribution in [2.24, 2.45) is 11.8 Å². The standard InChI is InChI=1S/C15H18BrNO4/c1-7-8(2)21-9(3)12(7)14(18)17-13-10(15(19)20)5-4-6-11(13)16/h4-9,12H,1-3H3,(H,17,18)(H,19,20). The Kier molecular flexibility index (Phi) is 4.68. The number of rotatable bonds is 3. The number of anilines is 1. The summed E-state index contributed by atoms with van der Waals surface area (Å²) in [5.74, 6) is -1.51. The Bertz CT molecular complexity index is 575. The lowest BCUT2D eigenvalue weighted by Crippen LogP contribution is -2.32. The van der Waals surface area contributed by atoms with Gasteiger partial charge in [0, 0.05) is 4.47 Å². The Morgan fingerprint density at radius 1 is 1.24 bits per heavy atom. The first-order valence-corrected chi connectivity index (χ1v) is 7.60. The number of nitrogens with one attached hydrogen (secondary N) is 1. The number of hydrogen-bond donors (Lipinski definition) is 2. The van der Waals surface area contributed by atoms with E-state index in [0.29, 0.717) is 4.47 Å². The molecule has 2 rings (SSSR count). The maximum absolute atomic E-state index is 12.5. The van der Waals surface area contributed by atoms with Gasteiger partial charge in [0.2, 0.25) is 5.91 Å². The van der Waals surface area contributed by atoms with Crippen molar-refractivity contribution >= 4 is 33.5 Å². The van der Waals surface area contributed by atoms with E-state index in [2.05, 4.69) is 21.2 Å². The van der Waals surface area contributed by atoms with Gasteiger partial charge in [-0.25, -0.2) is 4.79 Å². The molecule has 0 aromatic heterocycles. The molecule has 1 aromatic carbocycles. The van der Waals surface area contributed by atoms with Gasteiger partial charge in [0.15, 0.2) is 0 Å². The summed E-state index contributed by atoms with van der Waals surface area (Å²) in [6, 6.07) is 4.78. The number of carboxylic acid groups (broad SMARTS) is 1. The minimum atomic E-state index is -1.08. The van der Waals surface area contributed by atoms with Crippen LogP contribution in [-0.2, 0) is 9.53 Å². The summed E-state index contributed by atoms with van der Waals surface area (Å²) in [7, 11) is 0. The Labute approximate surface area is 131 Å². The molecule has 0 saturated carbocycles. The van der Waals surface area contributed by atoms with Gasteiger partial charge in [-0.2, -0.15) is 0 Å². The molecule has 1 amide bonds. The van der Waals surface area contributed by atoms with Crippen molar-refractivity contribution in [1.29, 1.82) is 0 Å². The van der Waals surface area contributed by atoms with Gasteiger partial charge in [-0.3, -0.25) is 4.79 Å². The van der Waals surface area contributed by atoms with Crippen LogP contribution in [0, 0.1) is 11.8 Å². The summed E-state index contributed by atoms with van der Waals surface area (Å²) in [5.41, 5.74) is 0.346. The average molecular weight is 356 g/mol. The molecule has 1 heterocycles. The molecular weight excluding hydrogens is 338 g/mol. The number of benzene rings is 1. The number of halogens is 1. The highest BCUT2D eigenvalue weighted by Gasteiger charge is 2.41. The van der Waals surface area contributed by atoms with Gasteiger partial charge in [-0.15, -0.1) is 0 Å². The fraction of sp³-hybridized carbons (Fsp3) is 0.467. The summed E-state index contributed by atoms with van der Waals surface area (Å²) < 4.78 is 6.21. The van der Waals surface area contributed by atoms with Gasteiger partial charge in [0.1, 0.15) is 0 Å². The van der Waals surface area contributed by atoms with Crippen LogP contribution in [0.1, 0.15) is 31.1 Å². The van der Waals surface area contributed by atoms with Crippen molar-refractivity contribution < 1.29 is 19.4 Å². The van der Waals surface area contributed by atoms with Gasteiger partial charge >= 0.3 is 5.97 Å². The number of hydrogen-bond acceptors (Lipinski definition) is 3. The highest BCUT2D eigenvalue weighted by molar-refractivity contribution is 9.10. The van der Waals surface area contributed by atoms with Gasteiger partial charge in [-0.05, 0) is 47.8 Å². The number of carboxylic acids is 1. The molecule has 0 aliphatic carbocycles. The lowest BCUT2D eigenvalue weighted by atomic mass is 9.88. The van der Waals surface area contributed by atoms with E-state index in [-0.39, 0.29) is 41.2 Å². The molecule has 1 aliphatic heterocycles. The van der Waals surface area contributed by atoms with Crippen LogP contribution in [-0.4, -0.2) is 29.2 Å². The second-order valence-corrected chi connectivity index (χ2v) is 6.24. The van der Waals surface area contributed by atoms with Crippen molar-refractivity contribution in [3.05, 3.63) is 28.2 Å². The molecule has 4 unspecified atom stereocenters. The smallest absolute Gasteiger partial charge is 0.337 e. The van der Waals surface area contributed by atoms with Crippen LogP contribution in [0.15, 0.2) is 22.7 Å². The molecule has 4 atom stereocenters. The van der Waals surface area contributed by atoms with Gasteiger partial charge in [0.05, 0.1) is 29.4 Å². The highest BCUT2D eigenvalue weighted by Crippen LogP contribution is 2.34. The van der Waals surface area contributed by atoms with Crippen LogP contribution >= 0.6 is 15.9 Å². The summed E-state index contributed by atoms with van der Waals surface area (Å²) >= 11 is 3.29. The Morgan fingerprint density at radius 2 is 1.90 bits per heavy atom. The fourth-order valence-electron chi connectivity index (χ4n) is 2.75. The summed E-state index contributed by atoms with van der Waals surface area (Å²) in [5, 5.41) is 12.0. The molecule has 2 N–H and O–H groups in total. The van der Waals surface area contributed by atoms with E-state index in [1.165, 1.54) is 6.07 Å². The monoisotopic (exact) mass is 355 g/mol. The lowest BCUT2D eigenvalue weighted by Gasteiger charge is -2.19. The minimum absolute atomic E-state index is 0.00825. The van der Waals surface area contributed by atoms with E-state index in [0.717, 1.165) is 0 Å². The molecule has 21 heavy (non-hydrogen) atoms. The van der Waals surface area contributed by atoms with Crippen LogP contribution in [0.2, 0.25) is 0 Å². The van der Waals surface area contributed by atoms with Crippen LogP contribution in [0.3, 0.4) is 0 Å². The van der Waals surface area contributed by atoms with Gasteiger partial charge < -0.3 is 15.2 Å². The minimum Gasteiger partial charge on any atom is -0.478 e. The lowest BCUT2D eigenvalue weighted by molar-refractivity contribution is -0.121. The number of ether oxygens (including phenoxy) is 1. The first kappa shape index (κ1) is 16.0. The fourth-order valence-corrected chi connectivity index (χ4v) is 3.22. The van der Waals surface area contributed by atoms with E-state index in [4.69, 9.17) is 4.74 Å². The van der Waals surface area contributed by atoms with E-state index < -0.39 is 5.97 Å². The Morgan fingerprint density at radius 3 is 2.43 bits per heavy atom. The molecule has 0 radical (unpaired) electrons. The molecule has 1 fully saturated rings. The SMILES string of the molecule is CC1OC(C)C(C(=O)Nc2c(Br)cccc2C(=O)O)C1C. The third-order valence-electron chi connectivity index (χ3n) is 4.04. The van der Waals surface area contributed by atoms with E-state index in [1.807, 2.05) is 20.8 Å². The third-order valence-corrected chi connectivity index (χ3v) is 4.70. The van der Waals surface area contributed by atoms with Crippen molar-refractivity contribution in [3.63, 3.8) is 0 Å². The highest BCUT2D eigenvalue weighted by atomic mass is 79.9. The number of carbonyl (C=O) groups is 2. The zero-order chi connectivity index (χ0) is 15.7. The number of aromatic carboxylic acids is 1.